The van der Waals surface area contributed by atoms with Gasteiger partial charge in [0.2, 0.25) is 5.91 Å². The SMILES string of the molecule is NC(=O)NCC(=O)NCCC1CCCCN1C1CCCC1. The number of carbonyl (C=O) groups is 2. The summed E-state index contributed by atoms with van der Waals surface area (Å²) in [5.41, 5.74) is 4.94. The quantitative estimate of drug-likeness (QED) is 0.682. The molecule has 1 unspecified atom stereocenters. The molecule has 0 aromatic heterocycles. The lowest BCUT2D eigenvalue weighted by Gasteiger charge is -2.40. The van der Waals surface area contributed by atoms with E-state index < -0.39 is 6.03 Å². The highest BCUT2D eigenvalue weighted by molar-refractivity contribution is 5.83. The van der Waals surface area contributed by atoms with Gasteiger partial charge in [-0.05, 0) is 38.6 Å². The van der Waals surface area contributed by atoms with E-state index in [0.29, 0.717) is 12.6 Å². The van der Waals surface area contributed by atoms with Crippen molar-refractivity contribution >= 4 is 11.9 Å². The Morgan fingerprint density at radius 1 is 1.05 bits per heavy atom. The van der Waals surface area contributed by atoms with Gasteiger partial charge in [-0.25, -0.2) is 4.79 Å². The van der Waals surface area contributed by atoms with E-state index in [1.54, 1.807) is 0 Å². The lowest BCUT2D eigenvalue weighted by atomic mass is 9.96. The van der Waals surface area contributed by atoms with Crippen molar-refractivity contribution in [1.29, 1.82) is 0 Å². The predicted molar refractivity (Wildman–Crippen MR) is 81.8 cm³/mol. The second-order valence-electron chi connectivity index (χ2n) is 6.18. The largest absolute Gasteiger partial charge is 0.355 e. The summed E-state index contributed by atoms with van der Waals surface area (Å²) in [5.74, 6) is -0.169. The van der Waals surface area contributed by atoms with Crippen LogP contribution in [-0.4, -0.2) is 48.6 Å². The molecule has 6 heteroatoms. The smallest absolute Gasteiger partial charge is 0.312 e. The molecule has 0 spiro atoms. The van der Waals surface area contributed by atoms with Crippen LogP contribution in [0.15, 0.2) is 0 Å². The third kappa shape index (κ3) is 5.19. The molecular weight excluding hydrogens is 268 g/mol. The predicted octanol–water partition coefficient (Wildman–Crippen LogP) is 0.958. The number of carbonyl (C=O) groups excluding carboxylic acids is 2. The first kappa shape index (κ1) is 16.1. The number of likely N-dealkylation sites (tertiary alicyclic amines) is 1. The number of hydrogen-bond acceptors (Lipinski definition) is 3. The molecule has 1 saturated heterocycles. The van der Waals surface area contributed by atoms with Crippen molar-refractivity contribution in [3.63, 3.8) is 0 Å². The number of rotatable bonds is 6. The van der Waals surface area contributed by atoms with Gasteiger partial charge in [0, 0.05) is 18.6 Å². The number of primary amides is 1. The van der Waals surface area contributed by atoms with Gasteiger partial charge < -0.3 is 16.4 Å². The molecule has 0 aromatic rings. The minimum Gasteiger partial charge on any atom is -0.355 e. The van der Waals surface area contributed by atoms with Crippen molar-refractivity contribution in [2.45, 2.75) is 63.5 Å². The van der Waals surface area contributed by atoms with E-state index in [1.165, 1.54) is 51.5 Å². The van der Waals surface area contributed by atoms with Gasteiger partial charge in [-0.1, -0.05) is 19.3 Å². The van der Waals surface area contributed by atoms with Crippen molar-refractivity contribution in [3.05, 3.63) is 0 Å². The van der Waals surface area contributed by atoms with E-state index in [2.05, 4.69) is 15.5 Å². The number of hydrogen-bond donors (Lipinski definition) is 3. The van der Waals surface area contributed by atoms with E-state index in [4.69, 9.17) is 5.73 Å². The van der Waals surface area contributed by atoms with Crippen LogP contribution in [0.3, 0.4) is 0 Å². The molecule has 120 valence electrons. The van der Waals surface area contributed by atoms with Crippen molar-refractivity contribution in [2.24, 2.45) is 5.73 Å². The van der Waals surface area contributed by atoms with Gasteiger partial charge in [-0.3, -0.25) is 9.69 Å². The average molecular weight is 296 g/mol. The number of amides is 3. The normalized spacial score (nSPS) is 23.9. The third-order valence-corrected chi connectivity index (χ3v) is 4.69. The van der Waals surface area contributed by atoms with E-state index in [1.807, 2.05) is 0 Å². The van der Waals surface area contributed by atoms with Gasteiger partial charge in [0.05, 0.1) is 6.54 Å². The monoisotopic (exact) mass is 296 g/mol. The standard InChI is InChI=1S/C15H28N4O2/c16-15(21)18-11-14(20)17-9-8-13-7-3-4-10-19(13)12-5-1-2-6-12/h12-13H,1-11H2,(H,17,20)(H3,16,18,21). The molecule has 1 aliphatic heterocycles. The molecule has 1 heterocycles. The molecule has 2 rings (SSSR count). The van der Waals surface area contributed by atoms with E-state index in [9.17, 15) is 9.59 Å². The third-order valence-electron chi connectivity index (χ3n) is 4.69. The molecule has 1 saturated carbocycles. The molecule has 4 N–H and O–H groups in total. The maximum Gasteiger partial charge on any atom is 0.312 e. The molecule has 1 aliphatic carbocycles. The van der Waals surface area contributed by atoms with Crippen molar-refractivity contribution in [1.82, 2.24) is 15.5 Å². The van der Waals surface area contributed by atoms with Gasteiger partial charge in [0.15, 0.2) is 0 Å². The van der Waals surface area contributed by atoms with E-state index >= 15 is 0 Å². The Kier molecular flexibility index (Phi) is 6.29. The highest BCUT2D eigenvalue weighted by Gasteiger charge is 2.30. The maximum absolute atomic E-state index is 11.5. The second kappa shape index (κ2) is 8.22. The van der Waals surface area contributed by atoms with Crippen LogP contribution >= 0.6 is 0 Å². The zero-order valence-corrected chi connectivity index (χ0v) is 12.8. The van der Waals surface area contributed by atoms with Gasteiger partial charge in [-0.15, -0.1) is 0 Å². The summed E-state index contributed by atoms with van der Waals surface area (Å²) in [6.07, 6.45) is 10.3. The molecule has 3 amide bonds. The summed E-state index contributed by atoms with van der Waals surface area (Å²) in [7, 11) is 0. The molecule has 0 radical (unpaired) electrons. The van der Waals surface area contributed by atoms with Crippen molar-refractivity contribution < 1.29 is 9.59 Å². The molecule has 0 bridgehead atoms. The molecule has 2 fully saturated rings. The number of urea groups is 1. The Morgan fingerprint density at radius 3 is 2.48 bits per heavy atom. The topological polar surface area (TPSA) is 87.5 Å². The zero-order valence-electron chi connectivity index (χ0n) is 12.8. The Labute approximate surface area is 126 Å². The summed E-state index contributed by atoms with van der Waals surface area (Å²) >= 11 is 0. The fourth-order valence-corrected chi connectivity index (χ4v) is 3.66. The fraction of sp³-hybridized carbons (Fsp3) is 0.867. The van der Waals surface area contributed by atoms with Crippen LogP contribution in [0.2, 0.25) is 0 Å². The summed E-state index contributed by atoms with van der Waals surface area (Å²) in [6, 6.07) is 0.707. The molecule has 6 nitrogen and oxygen atoms in total. The van der Waals surface area contributed by atoms with Gasteiger partial charge >= 0.3 is 6.03 Å². The lowest BCUT2D eigenvalue weighted by Crippen LogP contribution is -2.47. The van der Waals surface area contributed by atoms with Crippen molar-refractivity contribution in [3.8, 4) is 0 Å². The van der Waals surface area contributed by atoms with Crippen LogP contribution in [0.25, 0.3) is 0 Å². The first-order chi connectivity index (χ1) is 10.2. The number of nitrogens with two attached hydrogens (primary N) is 1. The highest BCUT2D eigenvalue weighted by Crippen LogP contribution is 2.30. The molecule has 21 heavy (non-hydrogen) atoms. The van der Waals surface area contributed by atoms with Gasteiger partial charge in [0.1, 0.15) is 0 Å². The minimum absolute atomic E-state index is 0.0354. The first-order valence-electron chi connectivity index (χ1n) is 8.22. The Hall–Kier alpha value is -1.30. The summed E-state index contributed by atoms with van der Waals surface area (Å²) < 4.78 is 0. The number of piperidine rings is 1. The van der Waals surface area contributed by atoms with Crippen molar-refractivity contribution in [2.75, 3.05) is 19.6 Å². The van der Waals surface area contributed by atoms with Gasteiger partial charge in [-0.2, -0.15) is 0 Å². The molecular formula is C15H28N4O2. The van der Waals surface area contributed by atoms with E-state index in [0.717, 1.165) is 12.5 Å². The number of nitrogens with zero attached hydrogens (tertiary/aromatic N) is 1. The van der Waals surface area contributed by atoms with E-state index in [-0.39, 0.29) is 12.5 Å². The van der Waals surface area contributed by atoms with Crippen LogP contribution in [-0.2, 0) is 4.79 Å². The fourth-order valence-electron chi connectivity index (χ4n) is 3.66. The molecule has 2 aliphatic rings. The number of nitrogens with one attached hydrogen (secondary N) is 2. The Morgan fingerprint density at radius 2 is 1.76 bits per heavy atom. The summed E-state index contributed by atoms with van der Waals surface area (Å²) in [6.45, 7) is 1.85. The highest BCUT2D eigenvalue weighted by atomic mass is 16.2. The minimum atomic E-state index is -0.662. The van der Waals surface area contributed by atoms with Crippen LogP contribution in [0.5, 0.6) is 0 Å². The van der Waals surface area contributed by atoms with Crippen LogP contribution in [0.4, 0.5) is 4.79 Å². The Balaban J connectivity index is 1.69. The summed E-state index contributed by atoms with van der Waals surface area (Å²) in [4.78, 5) is 24.8. The zero-order chi connectivity index (χ0) is 15.1. The van der Waals surface area contributed by atoms with Crippen LogP contribution < -0.4 is 16.4 Å². The molecule has 1 atom stereocenters. The maximum atomic E-state index is 11.5. The second-order valence-corrected chi connectivity index (χ2v) is 6.18. The van der Waals surface area contributed by atoms with Gasteiger partial charge in [0.25, 0.3) is 0 Å². The Bertz CT molecular complexity index is 356. The van der Waals surface area contributed by atoms with Crippen LogP contribution in [0, 0.1) is 0 Å². The first-order valence-corrected chi connectivity index (χ1v) is 8.22. The lowest BCUT2D eigenvalue weighted by molar-refractivity contribution is -0.120. The molecule has 0 aromatic carbocycles. The van der Waals surface area contributed by atoms with Crippen LogP contribution in [0.1, 0.15) is 51.4 Å². The summed E-state index contributed by atoms with van der Waals surface area (Å²) in [5, 5.41) is 5.16. The average Bonchev–Trinajstić information content (AvgIpc) is 3.00.